The standard InChI is InChI=1S/C17H23N7O2/c1-2-23-12-21-22-13(23)6-7-20-16(25)14-15(19-9-8-18-14)17(26)24-10-4-3-5-11-24/h8-9,12H,2-7,10-11H2,1H3,(H,20,25). The molecule has 0 radical (unpaired) electrons. The van der Waals surface area contributed by atoms with Crippen molar-refractivity contribution in [1.29, 1.82) is 0 Å². The zero-order valence-corrected chi connectivity index (χ0v) is 14.9. The number of nitrogens with zero attached hydrogens (tertiary/aromatic N) is 6. The quantitative estimate of drug-likeness (QED) is 0.815. The molecule has 1 aliphatic heterocycles. The molecule has 9 nitrogen and oxygen atoms in total. The van der Waals surface area contributed by atoms with Gasteiger partial charge in [0.1, 0.15) is 12.2 Å². The number of carbonyl (C=O) groups is 2. The molecule has 1 fully saturated rings. The Morgan fingerprint density at radius 1 is 1.12 bits per heavy atom. The zero-order valence-electron chi connectivity index (χ0n) is 14.9. The molecule has 3 heterocycles. The molecule has 9 heteroatoms. The summed E-state index contributed by atoms with van der Waals surface area (Å²) in [5.41, 5.74) is 0.184. The van der Waals surface area contributed by atoms with E-state index in [4.69, 9.17) is 0 Å². The highest BCUT2D eigenvalue weighted by Crippen LogP contribution is 2.13. The molecule has 1 saturated heterocycles. The molecular weight excluding hydrogens is 334 g/mol. The van der Waals surface area contributed by atoms with Gasteiger partial charge in [-0.2, -0.15) is 0 Å². The number of hydrogen-bond donors (Lipinski definition) is 1. The SMILES string of the molecule is CCn1cnnc1CCNC(=O)c1nccnc1C(=O)N1CCCCC1. The molecule has 0 aliphatic carbocycles. The summed E-state index contributed by atoms with van der Waals surface area (Å²) in [6.45, 7) is 4.55. The van der Waals surface area contributed by atoms with Gasteiger partial charge >= 0.3 is 0 Å². The first-order valence-electron chi connectivity index (χ1n) is 8.96. The van der Waals surface area contributed by atoms with E-state index in [-0.39, 0.29) is 17.3 Å². The van der Waals surface area contributed by atoms with E-state index in [0.29, 0.717) is 26.1 Å². The van der Waals surface area contributed by atoms with Crippen LogP contribution in [0.15, 0.2) is 18.7 Å². The van der Waals surface area contributed by atoms with E-state index in [0.717, 1.165) is 31.6 Å². The number of amides is 2. The van der Waals surface area contributed by atoms with Crippen LogP contribution in [0.3, 0.4) is 0 Å². The molecule has 1 aliphatic rings. The molecule has 2 aromatic rings. The maximum atomic E-state index is 12.7. The van der Waals surface area contributed by atoms with E-state index in [2.05, 4.69) is 25.5 Å². The number of carbonyl (C=O) groups excluding carboxylic acids is 2. The smallest absolute Gasteiger partial charge is 0.274 e. The van der Waals surface area contributed by atoms with Gasteiger partial charge < -0.3 is 14.8 Å². The number of aromatic nitrogens is 5. The predicted molar refractivity (Wildman–Crippen MR) is 93.5 cm³/mol. The van der Waals surface area contributed by atoms with Crippen molar-refractivity contribution < 1.29 is 9.59 Å². The fourth-order valence-electron chi connectivity index (χ4n) is 3.02. The summed E-state index contributed by atoms with van der Waals surface area (Å²) in [4.78, 5) is 35.2. The van der Waals surface area contributed by atoms with Crippen LogP contribution in [0.5, 0.6) is 0 Å². The Kier molecular flexibility index (Phi) is 5.88. The van der Waals surface area contributed by atoms with Crippen LogP contribution >= 0.6 is 0 Å². The Balaban J connectivity index is 1.64. The molecule has 0 atom stereocenters. The summed E-state index contributed by atoms with van der Waals surface area (Å²) in [5.74, 6) is 0.172. The minimum atomic E-state index is -0.402. The first kappa shape index (κ1) is 18.0. The molecule has 0 unspecified atom stereocenters. The first-order valence-corrected chi connectivity index (χ1v) is 8.96. The summed E-state index contributed by atoms with van der Waals surface area (Å²) in [5, 5.41) is 10.7. The summed E-state index contributed by atoms with van der Waals surface area (Å²) in [7, 11) is 0. The second-order valence-electron chi connectivity index (χ2n) is 6.15. The van der Waals surface area contributed by atoms with Crippen molar-refractivity contribution in [2.75, 3.05) is 19.6 Å². The van der Waals surface area contributed by atoms with Crippen LogP contribution in [0.2, 0.25) is 0 Å². The van der Waals surface area contributed by atoms with Crippen LogP contribution in [0.1, 0.15) is 53.0 Å². The van der Waals surface area contributed by atoms with Crippen molar-refractivity contribution in [3.8, 4) is 0 Å². The lowest BCUT2D eigenvalue weighted by Gasteiger charge is -2.26. The maximum absolute atomic E-state index is 12.7. The average Bonchev–Trinajstić information content (AvgIpc) is 3.15. The number of aryl methyl sites for hydroxylation is 1. The topological polar surface area (TPSA) is 106 Å². The normalized spacial score (nSPS) is 14.3. The van der Waals surface area contributed by atoms with E-state index in [1.165, 1.54) is 12.4 Å². The highest BCUT2D eigenvalue weighted by molar-refractivity contribution is 6.04. The summed E-state index contributed by atoms with van der Waals surface area (Å²) < 4.78 is 1.92. The van der Waals surface area contributed by atoms with Gasteiger partial charge in [0.05, 0.1) is 0 Å². The lowest BCUT2D eigenvalue weighted by atomic mass is 10.1. The van der Waals surface area contributed by atoms with Crippen LogP contribution in [0.4, 0.5) is 0 Å². The third-order valence-electron chi connectivity index (χ3n) is 4.43. The van der Waals surface area contributed by atoms with E-state index < -0.39 is 5.91 Å². The van der Waals surface area contributed by atoms with E-state index in [1.807, 2.05) is 11.5 Å². The Bertz CT molecular complexity index is 768. The van der Waals surface area contributed by atoms with Crippen LogP contribution in [0, 0.1) is 0 Å². The second-order valence-corrected chi connectivity index (χ2v) is 6.15. The molecule has 2 amide bonds. The maximum Gasteiger partial charge on any atom is 0.274 e. The predicted octanol–water partition coefficient (Wildman–Crippen LogP) is 0.687. The Morgan fingerprint density at radius 2 is 1.85 bits per heavy atom. The number of piperidine rings is 1. The van der Waals surface area contributed by atoms with Crippen molar-refractivity contribution in [3.63, 3.8) is 0 Å². The Hall–Kier alpha value is -2.84. The molecule has 3 rings (SSSR count). The molecule has 26 heavy (non-hydrogen) atoms. The third kappa shape index (κ3) is 4.04. The van der Waals surface area contributed by atoms with Crippen molar-refractivity contribution in [2.45, 2.75) is 39.2 Å². The largest absolute Gasteiger partial charge is 0.350 e. The van der Waals surface area contributed by atoms with Gasteiger partial charge in [-0.1, -0.05) is 0 Å². The first-order chi connectivity index (χ1) is 12.7. The van der Waals surface area contributed by atoms with E-state index in [9.17, 15) is 9.59 Å². The summed E-state index contributed by atoms with van der Waals surface area (Å²) in [6, 6.07) is 0. The van der Waals surface area contributed by atoms with Crippen LogP contribution in [-0.2, 0) is 13.0 Å². The molecule has 0 aromatic carbocycles. The van der Waals surface area contributed by atoms with Crippen LogP contribution in [0.25, 0.3) is 0 Å². The minimum Gasteiger partial charge on any atom is -0.350 e. The van der Waals surface area contributed by atoms with Crippen molar-refractivity contribution in [2.24, 2.45) is 0 Å². The molecule has 0 bridgehead atoms. The molecule has 0 saturated carbocycles. The highest BCUT2D eigenvalue weighted by Gasteiger charge is 2.25. The molecule has 0 spiro atoms. The average molecular weight is 357 g/mol. The van der Waals surface area contributed by atoms with Gasteiger partial charge in [-0.3, -0.25) is 9.59 Å². The fourth-order valence-corrected chi connectivity index (χ4v) is 3.02. The van der Waals surface area contributed by atoms with Crippen LogP contribution in [-0.4, -0.2) is 61.1 Å². The number of likely N-dealkylation sites (tertiary alicyclic amines) is 1. The Morgan fingerprint density at radius 3 is 2.58 bits per heavy atom. The summed E-state index contributed by atoms with van der Waals surface area (Å²) >= 11 is 0. The molecule has 138 valence electrons. The van der Waals surface area contributed by atoms with Crippen molar-refractivity contribution in [1.82, 2.24) is 34.9 Å². The van der Waals surface area contributed by atoms with Gasteiger partial charge in [0.15, 0.2) is 11.4 Å². The molecule has 1 N–H and O–H groups in total. The fraction of sp³-hybridized carbons (Fsp3) is 0.529. The van der Waals surface area contributed by atoms with E-state index in [1.54, 1.807) is 11.2 Å². The lowest BCUT2D eigenvalue weighted by molar-refractivity contribution is 0.0711. The minimum absolute atomic E-state index is 0.0695. The molecule has 2 aromatic heterocycles. The Labute approximate surface area is 151 Å². The summed E-state index contributed by atoms with van der Waals surface area (Å²) in [6.07, 6.45) is 8.16. The second kappa shape index (κ2) is 8.50. The molecular formula is C17H23N7O2. The van der Waals surface area contributed by atoms with Crippen LogP contribution < -0.4 is 5.32 Å². The monoisotopic (exact) mass is 357 g/mol. The van der Waals surface area contributed by atoms with Gasteiger partial charge in [-0.05, 0) is 26.2 Å². The van der Waals surface area contributed by atoms with Crippen molar-refractivity contribution >= 4 is 11.8 Å². The number of nitrogens with one attached hydrogen (secondary N) is 1. The van der Waals surface area contributed by atoms with Crippen molar-refractivity contribution in [3.05, 3.63) is 35.9 Å². The van der Waals surface area contributed by atoms with E-state index >= 15 is 0 Å². The van der Waals surface area contributed by atoms with Gasteiger partial charge in [0, 0.05) is 45.0 Å². The lowest BCUT2D eigenvalue weighted by Crippen LogP contribution is -2.38. The van der Waals surface area contributed by atoms with Gasteiger partial charge in [-0.15, -0.1) is 10.2 Å². The number of rotatable bonds is 6. The van der Waals surface area contributed by atoms with Gasteiger partial charge in [0.2, 0.25) is 0 Å². The highest BCUT2D eigenvalue weighted by atomic mass is 16.2. The number of hydrogen-bond acceptors (Lipinski definition) is 6. The van der Waals surface area contributed by atoms with Gasteiger partial charge in [0.25, 0.3) is 11.8 Å². The zero-order chi connectivity index (χ0) is 18.4. The third-order valence-corrected chi connectivity index (χ3v) is 4.43. The van der Waals surface area contributed by atoms with Gasteiger partial charge in [-0.25, -0.2) is 9.97 Å².